The molecule has 1 saturated heterocycles. The van der Waals surface area contributed by atoms with Gasteiger partial charge in [-0.25, -0.2) is 9.78 Å². The highest BCUT2D eigenvalue weighted by Gasteiger charge is 2.43. The molecule has 106 valence electrons. The minimum absolute atomic E-state index is 0.118. The number of rotatable bonds is 5. The summed E-state index contributed by atoms with van der Waals surface area (Å²) in [5.41, 5.74) is -0.293. The van der Waals surface area contributed by atoms with Gasteiger partial charge < -0.3 is 0 Å². The van der Waals surface area contributed by atoms with Crippen LogP contribution in [0.2, 0.25) is 0 Å². The Kier molecular flexibility index (Phi) is 4.68. The highest BCUT2D eigenvalue weighted by Crippen LogP contribution is 2.39. The van der Waals surface area contributed by atoms with Crippen LogP contribution in [0, 0.1) is 0 Å². The second kappa shape index (κ2) is 5.89. The summed E-state index contributed by atoms with van der Waals surface area (Å²) in [6, 6.07) is 0. The van der Waals surface area contributed by atoms with Gasteiger partial charge in [0.05, 0.1) is 5.60 Å². The van der Waals surface area contributed by atoms with E-state index in [1.54, 1.807) is 0 Å². The summed E-state index contributed by atoms with van der Waals surface area (Å²) < 4.78 is 0. The van der Waals surface area contributed by atoms with Gasteiger partial charge in [-0.15, -0.1) is 0 Å². The summed E-state index contributed by atoms with van der Waals surface area (Å²) in [5, 5.41) is 0. The number of nitrogens with zero attached hydrogens (tertiary/aromatic N) is 1. The normalized spacial score (nSPS) is 25.5. The van der Waals surface area contributed by atoms with Crippen molar-refractivity contribution in [3.05, 3.63) is 0 Å². The van der Waals surface area contributed by atoms with Crippen molar-refractivity contribution in [2.45, 2.75) is 83.5 Å². The van der Waals surface area contributed by atoms with Crippen molar-refractivity contribution in [2.75, 3.05) is 13.1 Å². The molecule has 3 heteroatoms. The van der Waals surface area contributed by atoms with Crippen LogP contribution in [-0.2, 0) is 9.78 Å². The summed E-state index contributed by atoms with van der Waals surface area (Å²) in [7, 11) is 0. The van der Waals surface area contributed by atoms with Crippen LogP contribution in [0.5, 0.6) is 0 Å². The summed E-state index contributed by atoms with van der Waals surface area (Å²) >= 11 is 0. The third-order valence-corrected chi connectivity index (χ3v) is 4.59. The first-order valence-corrected chi connectivity index (χ1v) is 7.70. The van der Waals surface area contributed by atoms with E-state index in [1.165, 1.54) is 45.2 Å². The maximum absolute atomic E-state index is 6.01. The Balaban J connectivity index is 1.97. The van der Waals surface area contributed by atoms with Crippen LogP contribution in [0.3, 0.4) is 0 Å². The molecule has 18 heavy (non-hydrogen) atoms. The van der Waals surface area contributed by atoms with Crippen molar-refractivity contribution in [1.29, 1.82) is 0 Å². The quantitative estimate of drug-likeness (QED) is 0.549. The second-order valence-electron chi connectivity index (χ2n) is 6.48. The highest BCUT2D eigenvalue weighted by atomic mass is 17.2. The van der Waals surface area contributed by atoms with E-state index in [2.05, 4.69) is 25.7 Å². The second-order valence-corrected chi connectivity index (χ2v) is 6.48. The predicted octanol–water partition coefficient (Wildman–Crippen LogP) is 3.88. The van der Waals surface area contributed by atoms with Crippen molar-refractivity contribution >= 4 is 0 Å². The average molecular weight is 255 g/mol. The zero-order chi connectivity index (χ0) is 13.1. The summed E-state index contributed by atoms with van der Waals surface area (Å²) in [6.45, 7) is 8.70. The van der Waals surface area contributed by atoms with Crippen LogP contribution >= 0.6 is 0 Å². The molecule has 2 fully saturated rings. The van der Waals surface area contributed by atoms with Gasteiger partial charge in [-0.1, -0.05) is 13.3 Å². The number of hydrogen-bond acceptors (Lipinski definition) is 3. The molecule has 2 aliphatic rings. The van der Waals surface area contributed by atoms with Gasteiger partial charge in [0.1, 0.15) is 0 Å². The highest BCUT2D eigenvalue weighted by molar-refractivity contribution is 4.87. The third kappa shape index (κ3) is 3.25. The molecule has 0 radical (unpaired) electrons. The number of piperidine rings is 1. The maximum atomic E-state index is 6.01. The molecular formula is C15H29NO2. The average Bonchev–Trinajstić information content (AvgIpc) is 2.88. The zero-order valence-electron chi connectivity index (χ0n) is 12.3. The molecule has 1 aliphatic carbocycles. The predicted molar refractivity (Wildman–Crippen MR) is 73.2 cm³/mol. The van der Waals surface area contributed by atoms with Crippen LogP contribution in [0.15, 0.2) is 0 Å². The van der Waals surface area contributed by atoms with Gasteiger partial charge in [0.15, 0.2) is 5.72 Å². The van der Waals surface area contributed by atoms with Crippen molar-refractivity contribution < 1.29 is 9.78 Å². The van der Waals surface area contributed by atoms with Crippen molar-refractivity contribution in [1.82, 2.24) is 4.90 Å². The molecule has 0 aromatic carbocycles. The van der Waals surface area contributed by atoms with E-state index >= 15 is 0 Å². The topological polar surface area (TPSA) is 21.7 Å². The fraction of sp³-hybridized carbons (Fsp3) is 1.00. The van der Waals surface area contributed by atoms with Crippen LogP contribution in [-0.4, -0.2) is 29.3 Å². The van der Waals surface area contributed by atoms with Crippen molar-refractivity contribution in [3.8, 4) is 0 Å². The lowest BCUT2D eigenvalue weighted by Crippen LogP contribution is -2.52. The molecule has 3 nitrogen and oxygen atoms in total. The molecule has 2 rings (SSSR count). The van der Waals surface area contributed by atoms with E-state index in [0.717, 1.165) is 19.3 Å². The molecule has 0 aromatic rings. The van der Waals surface area contributed by atoms with Gasteiger partial charge in [-0.3, -0.25) is 4.90 Å². The minimum Gasteiger partial charge on any atom is -0.273 e. The number of likely N-dealkylation sites (tertiary alicyclic amines) is 1. The lowest BCUT2D eigenvalue weighted by Gasteiger charge is -2.43. The van der Waals surface area contributed by atoms with E-state index in [-0.39, 0.29) is 11.3 Å². The Hall–Kier alpha value is -0.120. The van der Waals surface area contributed by atoms with Crippen LogP contribution in [0.1, 0.15) is 72.1 Å². The van der Waals surface area contributed by atoms with Crippen LogP contribution in [0.25, 0.3) is 0 Å². The van der Waals surface area contributed by atoms with Gasteiger partial charge in [-0.2, -0.15) is 0 Å². The first kappa shape index (κ1) is 14.3. The van der Waals surface area contributed by atoms with E-state index in [1.807, 2.05) is 0 Å². The summed E-state index contributed by atoms with van der Waals surface area (Å²) in [4.78, 5) is 14.3. The molecule has 0 atom stereocenters. The zero-order valence-corrected chi connectivity index (χ0v) is 12.3. The Morgan fingerprint density at radius 1 is 1.00 bits per heavy atom. The first-order valence-electron chi connectivity index (χ1n) is 7.70. The molecule has 0 amide bonds. The largest absolute Gasteiger partial charge is 0.273 e. The van der Waals surface area contributed by atoms with Gasteiger partial charge in [0.2, 0.25) is 0 Å². The molecule has 1 heterocycles. The van der Waals surface area contributed by atoms with E-state index < -0.39 is 0 Å². The molecule has 1 saturated carbocycles. The standard InChI is InChI=1S/C15H29NO2/c1-4-14(2,3)17-18-15(10-6-7-11-15)16-12-8-5-9-13-16/h4-13H2,1-3H3. The van der Waals surface area contributed by atoms with E-state index in [9.17, 15) is 0 Å². The fourth-order valence-corrected chi connectivity index (χ4v) is 2.93. The molecule has 0 unspecified atom stereocenters. The molecular weight excluding hydrogens is 226 g/mol. The Labute approximate surface area is 112 Å². The lowest BCUT2D eigenvalue weighted by molar-refractivity contribution is -0.435. The van der Waals surface area contributed by atoms with Gasteiger partial charge in [0, 0.05) is 13.1 Å². The minimum atomic E-state index is -0.175. The molecule has 0 spiro atoms. The Bertz CT molecular complexity index is 253. The molecule has 0 N–H and O–H groups in total. The molecule has 0 bridgehead atoms. The lowest BCUT2D eigenvalue weighted by atomic mass is 10.0. The smallest absolute Gasteiger partial charge is 0.156 e. The van der Waals surface area contributed by atoms with Gasteiger partial charge >= 0.3 is 0 Å². The summed E-state index contributed by atoms with van der Waals surface area (Å²) in [6.07, 6.45) is 9.76. The van der Waals surface area contributed by atoms with Crippen molar-refractivity contribution in [2.24, 2.45) is 0 Å². The SMILES string of the molecule is CCC(C)(C)OOC1(N2CCCCC2)CCCC1. The maximum Gasteiger partial charge on any atom is 0.156 e. The van der Waals surface area contributed by atoms with Gasteiger partial charge in [0.25, 0.3) is 0 Å². The van der Waals surface area contributed by atoms with E-state index in [0.29, 0.717) is 0 Å². The van der Waals surface area contributed by atoms with Crippen molar-refractivity contribution in [3.63, 3.8) is 0 Å². The third-order valence-electron chi connectivity index (χ3n) is 4.59. The Morgan fingerprint density at radius 2 is 1.61 bits per heavy atom. The molecule has 0 aromatic heterocycles. The molecule has 1 aliphatic heterocycles. The van der Waals surface area contributed by atoms with E-state index in [4.69, 9.17) is 9.78 Å². The number of hydrogen-bond donors (Lipinski definition) is 0. The fourth-order valence-electron chi connectivity index (χ4n) is 2.93. The summed E-state index contributed by atoms with van der Waals surface area (Å²) in [5.74, 6) is 0. The van der Waals surface area contributed by atoms with Gasteiger partial charge in [-0.05, 0) is 58.8 Å². The van der Waals surface area contributed by atoms with Crippen LogP contribution in [0.4, 0.5) is 0 Å². The monoisotopic (exact) mass is 255 g/mol. The first-order chi connectivity index (χ1) is 8.58. The van der Waals surface area contributed by atoms with Crippen LogP contribution < -0.4 is 0 Å². The Morgan fingerprint density at radius 3 is 2.17 bits per heavy atom.